The number of pyridine rings is 1. The largest absolute Gasteiger partial charge is 0.490 e. The number of aliphatic carboxylic acids is 1. The van der Waals surface area contributed by atoms with Crippen LogP contribution in [0.5, 0.6) is 5.75 Å². The van der Waals surface area contributed by atoms with Gasteiger partial charge in [-0.15, -0.1) is 5.10 Å². The Morgan fingerprint density at radius 2 is 1.84 bits per heavy atom. The monoisotopic (exact) mass is 690 g/mol. The van der Waals surface area contributed by atoms with E-state index in [1.165, 1.54) is 6.07 Å². The predicted octanol–water partition coefficient (Wildman–Crippen LogP) is 5.86. The Bertz CT molecular complexity index is 1900. The van der Waals surface area contributed by atoms with Crippen LogP contribution >= 0.6 is 0 Å². The summed E-state index contributed by atoms with van der Waals surface area (Å²) in [6.45, 7) is 15.8. The van der Waals surface area contributed by atoms with Crippen LogP contribution in [0, 0.1) is 25.6 Å². The summed E-state index contributed by atoms with van der Waals surface area (Å²) in [6.07, 6.45) is 2.29. The minimum Gasteiger partial charge on any atom is -0.490 e. The van der Waals surface area contributed by atoms with Gasteiger partial charge in [0.1, 0.15) is 11.3 Å². The molecule has 0 unspecified atom stereocenters. The van der Waals surface area contributed by atoms with Crippen LogP contribution in [0.15, 0.2) is 16.5 Å². The van der Waals surface area contributed by atoms with Crippen molar-refractivity contribution in [3.05, 3.63) is 40.3 Å². The Balaban J connectivity index is 1.29. The molecule has 6 heterocycles. The highest BCUT2D eigenvalue weighted by Crippen LogP contribution is 2.45. The van der Waals surface area contributed by atoms with Gasteiger partial charge in [-0.25, -0.2) is 14.2 Å². The number of rotatable bonds is 8. The SMILES string of the molecule is Cc1nc2c(cc(-c3nnc(N4CCN(CC5CCOCC5)CC4)o3)n2C)c(-c2cc(F)c3c(c2C)CCCO3)c1[C@H](OC(C)(C)C)C(=O)O. The van der Waals surface area contributed by atoms with Crippen molar-refractivity contribution in [2.75, 3.05) is 57.4 Å². The Morgan fingerprint density at radius 3 is 2.54 bits per heavy atom. The number of piperazine rings is 1. The van der Waals surface area contributed by atoms with Gasteiger partial charge in [0.15, 0.2) is 17.7 Å². The third kappa shape index (κ3) is 6.58. The Labute approximate surface area is 291 Å². The highest BCUT2D eigenvalue weighted by atomic mass is 19.1. The predicted molar refractivity (Wildman–Crippen MR) is 186 cm³/mol. The summed E-state index contributed by atoms with van der Waals surface area (Å²) in [4.78, 5) is 22.4. The number of nitrogens with zero attached hydrogens (tertiary/aromatic N) is 6. The zero-order valence-electron chi connectivity index (χ0n) is 29.8. The Kier molecular flexibility index (Phi) is 9.33. The van der Waals surface area contributed by atoms with Crippen LogP contribution in [0.2, 0.25) is 0 Å². The minimum absolute atomic E-state index is 0.262. The van der Waals surface area contributed by atoms with Crippen LogP contribution in [-0.4, -0.2) is 93.9 Å². The number of benzene rings is 1. The zero-order valence-corrected chi connectivity index (χ0v) is 29.8. The van der Waals surface area contributed by atoms with Crippen LogP contribution in [0.3, 0.4) is 0 Å². The first-order chi connectivity index (χ1) is 23.9. The molecule has 0 amide bonds. The number of aromatic nitrogens is 4. The maximum absolute atomic E-state index is 15.8. The van der Waals surface area contributed by atoms with Gasteiger partial charge in [-0.2, -0.15) is 0 Å². The van der Waals surface area contributed by atoms with Crippen LogP contribution in [0.1, 0.15) is 68.5 Å². The Morgan fingerprint density at radius 1 is 1.10 bits per heavy atom. The second kappa shape index (κ2) is 13.6. The second-order valence-corrected chi connectivity index (χ2v) is 14.8. The molecule has 0 spiro atoms. The number of fused-ring (bicyclic) bond motifs is 2. The molecule has 3 aromatic heterocycles. The highest BCUT2D eigenvalue weighted by molar-refractivity contribution is 6.01. The number of carbonyl (C=O) groups is 1. The number of halogens is 1. The molecule has 268 valence electrons. The summed E-state index contributed by atoms with van der Waals surface area (Å²) in [7, 11) is 1.86. The van der Waals surface area contributed by atoms with Gasteiger partial charge in [-0.1, -0.05) is 5.10 Å². The van der Waals surface area contributed by atoms with E-state index in [4.69, 9.17) is 23.6 Å². The second-order valence-electron chi connectivity index (χ2n) is 14.8. The molecule has 2 saturated heterocycles. The average molecular weight is 691 g/mol. The first-order valence-corrected chi connectivity index (χ1v) is 17.6. The van der Waals surface area contributed by atoms with Crippen molar-refractivity contribution < 1.29 is 32.9 Å². The van der Waals surface area contributed by atoms with Crippen molar-refractivity contribution in [1.82, 2.24) is 24.6 Å². The maximum Gasteiger partial charge on any atom is 0.337 e. The van der Waals surface area contributed by atoms with E-state index in [0.717, 1.165) is 76.3 Å². The van der Waals surface area contributed by atoms with Crippen LogP contribution < -0.4 is 9.64 Å². The van der Waals surface area contributed by atoms with Crippen molar-refractivity contribution in [3.8, 4) is 28.5 Å². The number of carboxylic acids is 1. The summed E-state index contributed by atoms with van der Waals surface area (Å²) < 4.78 is 41.4. The van der Waals surface area contributed by atoms with E-state index in [2.05, 4.69) is 20.0 Å². The summed E-state index contributed by atoms with van der Waals surface area (Å²) in [6, 6.07) is 3.79. The molecule has 1 atom stereocenters. The van der Waals surface area contributed by atoms with E-state index in [-0.39, 0.29) is 5.75 Å². The number of anilines is 1. The molecule has 1 aromatic carbocycles. The third-order valence-corrected chi connectivity index (χ3v) is 10.2. The number of hydrogen-bond donors (Lipinski definition) is 1. The van der Waals surface area contributed by atoms with E-state index < -0.39 is 23.5 Å². The number of carboxylic acid groups (broad SMARTS) is 1. The molecule has 0 radical (unpaired) electrons. The molecule has 1 N–H and O–H groups in total. The molecule has 0 bridgehead atoms. The van der Waals surface area contributed by atoms with E-state index in [9.17, 15) is 9.90 Å². The molecule has 3 aliphatic heterocycles. The van der Waals surface area contributed by atoms with Gasteiger partial charge < -0.3 is 33.2 Å². The smallest absolute Gasteiger partial charge is 0.337 e. The normalized spacial score (nSPS) is 18.3. The van der Waals surface area contributed by atoms with Crippen molar-refractivity contribution in [3.63, 3.8) is 0 Å². The van der Waals surface area contributed by atoms with Gasteiger partial charge >= 0.3 is 12.0 Å². The topological polar surface area (TPSA) is 128 Å². The lowest BCUT2D eigenvalue weighted by atomic mass is 9.86. The molecular formula is C37H47FN6O6. The van der Waals surface area contributed by atoms with Crippen LogP contribution in [0.4, 0.5) is 10.4 Å². The minimum atomic E-state index is -1.36. The molecule has 50 heavy (non-hydrogen) atoms. The highest BCUT2D eigenvalue weighted by Gasteiger charge is 2.35. The van der Waals surface area contributed by atoms with Crippen molar-refractivity contribution in [2.45, 2.75) is 72.0 Å². The molecule has 2 fully saturated rings. The maximum atomic E-state index is 15.8. The lowest BCUT2D eigenvalue weighted by Crippen LogP contribution is -2.48. The van der Waals surface area contributed by atoms with Gasteiger partial charge in [0, 0.05) is 80.8 Å². The van der Waals surface area contributed by atoms with Gasteiger partial charge in [0.05, 0.1) is 12.2 Å². The third-order valence-electron chi connectivity index (χ3n) is 10.2. The van der Waals surface area contributed by atoms with E-state index >= 15 is 4.39 Å². The van der Waals surface area contributed by atoms with E-state index in [1.807, 2.05) is 45.4 Å². The zero-order chi connectivity index (χ0) is 35.3. The molecule has 0 aliphatic carbocycles. The summed E-state index contributed by atoms with van der Waals surface area (Å²) >= 11 is 0. The molecule has 4 aromatic rings. The number of aryl methyl sites for hydroxylation is 2. The fourth-order valence-electron chi connectivity index (χ4n) is 7.64. The molecule has 12 nitrogen and oxygen atoms in total. The van der Waals surface area contributed by atoms with Crippen molar-refractivity contribution in [2.24, 2.45) is 13.0 Å². The summed E-state index contributed by atoms with van der Waals surface area (Å²) in [5.41, 5.74) is 3.99. The van der Waals surface area contributed by atoms with Crippen molar-refractivity contribution in [1.29, 1.82) is 0 Å². The van der Waals surface area contributed by atoms with E-state index in [1.54, 1.807) is 6.92 Å². The quantitative estimate of drug-likeness (QED) is 0.239. The van der Waals surface area contributed by atoms with E-state index in [0.29, 0.717) is 70.0 Å². The molecule has 13 heteroatoms. The molecule has 3 aliphatic rings. The molecular weight excluding hydrogens is 643 g/mol. The lowest BCUT2D eigenvalue weighted by Gasteiger charge is -2.36. The lowest BCUT2D eigenvalue weighted by molar-refractivity contribution is -0.160. The fourth-order valence-corrected chi connectivity index (χ4v) is 7.64. The standard InChI is InChI=1S/C37H47FN6O6/c1-21-24-8-7-15-48-31(24)27(38)18-25(21)30-26-19-28(42(6)33(26)39-22(2)29(30)32(35(45)46)50-37(3,4)5)34-40-41-36(49-34)44-13-11-43(12-14-44)20-23-9-16-47-17-10-23/h18-19,23,32H,7-17,20H2,1-6H3,(H,45,46)/t32-/m0/s1. The first-order valence-electron chi connectivity index (χ1n) is 17.6. The van der Waals surface area contributed by atoms with Crippen molar-refractivity contribution >= 4 is 23.0 Å². The van der Waals surface area contributed by atoms with Gasteiger partial charge in [-0.05, 0) is 89.5 Å². The molecule has 7 rings (SSSR count). The van der Waals surface area contributed by atoms with Gasteiger partial charge in [0.2, 0.25) is 0 Å². The van der Waals surface area contributed by atoms with Gasteiger partial charge in [-0.3, -0.25) is 4.90 Å². The Hall–Kier alpha value is -4.07. The first kappa shape index (κ1) is 34.4. The summed E-state index contributed by atoms with van der Waals surface area (Å²) in [5, 5.41) is 20.0. The average Bonchev–Trinajstić information content (AvgIpc) is 3.70. The fraction of sp³-hybridized carbons (Fsp3) is 0.568. The summed E-state index contributed by atoms with van der Waals surface area (Å²) in [5.74, 6) is -0.380. The molecule has 0 saturated carbocycles. The van der Waals surface area contributed by atoms with Gasteiger partial charge in [0.25, 0.3) is 5.89 Å². The van der Waals surface area contributed by atoms with Crippen LogP contribution in [-0.2, 0) is 27.7 Å². The number of ether oxygens (including phenoxy) is 3. The number of hydrogen-bond acceptors (Lipinski definition) is 10. The van der Waals surface area contributed by atoms with Crippen LogP contribution in [0.25, 0.3) is 33.7 Å².